The van der Waals surface area contributed by atoms with Gasteiger partial charge in [0.05, 0.1) is 18.1 Å². The predicted molar refractivity (Wildman–Crippen MR) is 199 cm³/mol. The number of likely N-dealkylation sites (N-methyl/N-ethyl adjacent to an activating group) is 1. The Morgan fingerprint density at radius 1 is 0.625 bits per heavy atom. The molecule has 1 amide bonds. The van der Waals surface area contributed by atoms with Crippen molar-refractivity contribution in [3.8, 4) is 22.6 Å². The van der Waals surface area contributed by atoms with Crippen LogP contribution in [-0.4, -0.2) is 37.0 Å². The van der Waals surface area contributed by atoms with Crippen molar-refractivity contribution in [1.29, 1.82) is 0 Å². The minimum absolute atomic E-state index is 0.132. The van der Waals surface area contributed by atoms with Gasteiger partial charge in [-0.05, 0) is 83.6 Å². The van der Waals surface area contributed by atoms with Gasteiger partial charge < -0.3 is 14.4 Å². The molecule has 4 rings (SSSR count). The fourth-order valence-electron chi connectivity index (χ4n) is 6.07. The Morgan fingerprint density at radius 2 is 1.17 bits per heavy atom. The molecule has 0 saturated heterocycles. The Balaban J connectivity index is 1.24. The minimum atomic E-state index is -0.400. The molecule has 5 nitrogen and oxygen atoms in total. The lowest BCUT2D eigenvalue weighted by Crippen LogP contribution is -2.31. The van der Waals surface area contributed by atoms with Gasteiger partial charge in [0.25, 0.3) is 0 Å². The zero-order valence-electron chi connectivity index (χ0n) is 29.6. The number of amides is 1. The maximum absolute atomic E-state index is 13.0. The number of hydrogen-bond acceptors (Lipinski definition) is 4. The summed E-state index contributed by atoms with van der Waals surface area (Å²) < 4.78 is 11.7. The highest BCUT2D eigenvalue weighted by Crippen LogP contribution is 2.28. The second-order valence-electron chi connectivity index (χ2n) is 13.1. The summed E-state index contributed by atoms with van der Waals surface area (Å²) in [6.07, 6.45) is 15.0. The van der Waals surface area contributed by atoms with E-state index in [1.165, 1.54) is 51.4 Å². The lowest BCUT2D eigenvalue weighted by atomic mass is 9.96. The molecule has 1 atom stereocenters. The molecule has 0 saturated carbocycles. The van der Waals surface area contributed by atoms with Crippen LogP contribution in [0.1, 0.15) is 120 Å². The smallest absolute Gasteiger partial charge is 0.343 e. The topological polar surface area (TPSA) is 55.8 Å². The predicted octanol–water partition coefficient (Wildman–Crippen LogP) is 11.4. The summed E-state index contributed by atoms with van der Waals surface area (Å²) in [5.74, 6) is 0.888. The van der Waals surface area contributed by atoms with Crippen molar-refractivity contribution < 1.29 is 19.1 Å². The lowest BCUT2D eigenvalue weighted by Gasteiger charge is -2.22. The number of carbonyl (C=O) groups excluding carboxylic acids is 2. The standard InChI is InChI=1S/C43H55NO4/c1-5-7-9-10-11-12-13-14-16-30-47-40-26-23-35(24-27-40)34-17-19-36(20-18-34)43(46)48-41-28-25-38-31-37(21-22-39(38)32-41)33(3)42(45)44(4)29-15-8-6-2/h17-28,31-33H,5-16,29-30H2,1-4H3/t33-/m0/s1. The van der Waals surface area contributed by atoms with Crippen molar-refractivity contribution in [3.63, 3.8) is 0 Å². The first kappa shape index (κ1) is 36.7. The van der Waals surface area contributed by atoms with Crippen LogP contribution in [0.2, 0.25) is 0 Å². The molecule has 0 unspecified atom stereocenters. The highest BCUT2D eigenvalue weighted by Gasteiger charge is 2.19. The third-order valence-corrected chi connectivity index (χ3v) is 9.21. The number of ether oxygens (including phenoxy) is 2. The van der Waals surface area contributed by atoms with Crippen molar-refractivity contribution in [2.24, 2.45) is 0 Å². The van der Waals surface area contributed by atoms with Crippen LogP contribution < -0.4 is 9.47 Å². The van der Waals surface area contributed by atoms with Gasteiger partial charge >= 0.3 is 5.97 Å². The molecule has 0 N–H and O–H groups in total. The number of hydrogen-bond donors (Lipinski definition) is 0. The van der Waals surface area contributed by atoms with Gasteiger partial charge in [-0.25, -0.2) is 4.79 Å². The van der Waals surface area contributed by atoms with Crippen LogP contribution in [0.3, 0.4) is 0 Å². The highest BCUT2D eigenvalue weighted by molar-refractivity contribution is 5.93. The average molecular weight is 650 g/mol. The summed E-state index contributed by atoms with van der Waals surface area (Å²) in [5, 5.41) is 1.96. The van der Waals surface area contributed by atoms with E-state index in [-0.39, 0.29) is 11.8 Å². The minimum Gasteiger partial charge on any atom is -0.494 e. The number of nitrogens with zero attached hydrogens (tertiary/aromatic N) is 1. The quantitative estimate of drug-likeness (QED) is 0.0543. The van der Waals surface area contributed by atoms with Gasteiger partial charge in [0.2, 0.25) is 5.91 Å². The third-order valence-electron chi connectivity index (χ3n) is 9.21. The van der Waals surface area contributed by atoms with Crippen LogP contribution in [0.15, 0.2) is 84.9 Å². The second-order valence-corrected chi connectivity index (χ2v) is 13.1. The monoisotopic (exact) mass is 649 g/mol. The Morgan fingerprint density at radius 3 is 1.83 bits per heavy atom. The van der Waals surface area contributed by atoms with E-state index < -0.39 is 5.97 Å². The summed E-state index contributed by atoms with van der Waals surface area (Å²) in [7, 11) is 1.89. The van der Waals surface area contributed by atoms with Crippen molar-refractivity contribution in [2.45, 2.75) is 104 Å². The van der Waals surface area contributed by atoms with Crippen LogP contribution in [0.5, 0.6) is 11.5 Å². The summed E-state index contributed by atoms with van der Waals surface area (Å²) in [6, 6.07) is 27.3. The highest BCUT2D eigenvalue weighted by atomic mass is 16.5. The zero-order valence-corrected chi connectivity index (χ0v) is 29.6. The summed E-state index contributed by atoms with van der Waals surface area (Å²) in [5.41, 5.74) is 3.57. The molecule has 256 valence electrons. The van der Waals surface area contributed by atoms with Crippen molar-refractivity contribution in [1.82, 2.24) is 4.90 Å². The van der Waals surface area contributed by atoms with E-state index >= 15 is 0 Å². The second kappa shape index (κ2) is 19.6. The normalized spacial score (nSPS) is 11.8. The summed E-state index contributed by atoms with van der Waals surface area (Å²) >= 11 is 0. The van der Waals surface area contributed by atoms with E-state index in [9.17, 15) is 9.59 Å². The number of fused-ring (bicyclic) bond motifs is 1. The van der Waals surface area contributed by atoms with Gasteiger partial charge in [-0.2, -0.15) is 0 Å². The number of esters is 1. The van der Waals surface area contributed by atoms with Gasteiger partial charge in [-0.15, -0.1) is 0 Å². The molecule has 48 heavy (non-hydrogen) atoms. The van der Waals surface area contributed by atoms with Gasteiger partial charge in [0.15, 0.2) is 0 Å². The molecule has 0 bridgehead atoms. The van der Waals surface area contributed by atoms with E-state index in [4.69, 9.17) is 9.47 Å². The molecule has 5 heteroatoms. The van der Waals surface area contributed by atoms with Gasteiger partial charge in [0, 0.05) is 13.6 Å². The fraction of sp³-hybridized carbons (Fsp3) is 0.442. The Kier molecular flexibility index (Phi) is 15.0. The number of rotatable bonds is 20. The number of benzene rings is 4. The van der Waals surface area contributed by atoms with Gasteiger partial charge in [-0.3, -0.25) is 4.79 Å². The average Bonchev–Trinajstić information content (AvgIpc) is 3.12. The first-order valence-corrected chi connectivity index (χ1v) is 18.2. The van der Waals surface area contributed by atoms with Crippen molar-refractivity contribution in [3.05, 3.63) is 96.1 Å². The zero-order chi connectivity index (χ0) is 34.1. The fourth-order valence-corrected chi connectivity index (χ4v) is 6.07. The lowest BCUT2D eigenvalue weighted by molar-refractivity contribution is -0.131. The molecule has 0 aliphatic rings. The Bertz CT molecular complexity index is 1560. The molecular formula is C43H55NO4. The van der Waals surface area contributed by atoms with Gasteiger partial charge in [-0.1, -0.05) is 127 Å². The molecule has 4 aromatic rings. The van der Waals surface area contributed by atoms with Crippen LogP contribution in [0.25, 0.3) is 21.9 Å². The molecule has 4 aromatic carbocycles. The number of carbonyl (C=O) groups is 2. The van der Waals surface area contributed by atoms with Crippen molar-refractivity contribution >= 4 is 22.6 Å². The van der Waals surface area contributed by atoms with E-state index in [1.807, 2.05) is 67.4 Å². The maximum Gasteiger partial charge on any atom is 0.343 e. The van der Waals surface area contributed by atoms with Crippen LogP contribution in [0.4, 0.5) is 0 Å². The summed E-state index contributed by atoms with van der Waals surface area (Å²) in [4.78, 5) is 27.8. The third kappa shape index (κ3) is 11.2. The first-order valence-electron chi connectivity index (χ1n) is 18.2. The molecule has 0 radical (unpaired) electrons. The van der Waals surface area contributed by atoms with E-state index in [0.29, 0.717) is 11.3 Å². The van der Waals surface area contributed by atoms with E-state index in [0.717, 1.165) is 72.0 Å². The summed E-state index contributed by atoms with van der Waals surface area (Å²) in [6.45, 7) is 7.92. The van der Waals surface area contributed by atoms with Gasteiger partial charge in [0.1, 0.15) is 11.5 Å². The SMILES string of the molecule is CCCCCCCCCCCOc1ccc(-c2ccc(C(=O)Oc3ccc4cc([C@H](C)C(=O)N(C)CCCCC)ccc4c3)cc2)cc1. The number of unbranched alkanes of at least 4 members (excludes halogenated alkanes) is 10. The molecular weight excluding hydrogens is 594 g/mol. The molecule has 0 fully saturated rings. The molecule has 0 heterocycles. The van der Waals surface area contributed by atoms with Crippen LogP contribution in [-0.2, 0) is 4.79 Å². The largest absolute Gasteiger partial charge is 0.494 e. The molecule has 0 spiro atoms. The van der Waals surface area contributed by atoms with Crippen LogP contribution in [0, 0.1) is 0 Å². The Labute approximate surface area is 288 Å². The Hall–Kier alpha value is -4.12. The van der Waals surface area contributed by atoms with Crippen molar-refractivity contribution in [2.75, 3.05) is 20.2 Å². The molecule has 0 aliphatic heterocycles. The molecule has 0 aromatic heterocycles. The first-order chi connectivity index (χ1) is 23.4. The van der Waals surface area contributed by atoms with E-state index in [2.05, 4.69) is 32.0 Å². The molecule has 0 aliphatic carbocycles. The maximum atomic E-state index is 13.0. The van der Waals surface area contributed by atoms with Crippen LogP contribution >= 0.6 is 0 Å². The van der Waals surface area contributed by atoms with E-state index in [1.54, 1.807) is 18.2 Å².